The van der Waals surface area contributed by atoms with Crippen molar-refractivity contribution in [3.05, 3.63) is 41.2 Å². The molecule has 0 atom stereocenters. The first-order chi connectivity index (χ1) is 11.7. The van der Waals surface area contributed by atoms with Crippen LogP contribution in [0.3, 0.4) is 0 Å². The van der Waals surface area contributed by atoms with Crippen molar-refractivity contribution >= 4 is 23.5 Å². The molecule has 0 unspecified atom stereocenters. The monoisotopic (exact) mass is 347 g/mol. The summed E-state index contributed by atoms with van der Waals surface area (Å²) in [7, 11) is 0. The number of carbonyl (C=O) groups is 1. The third kappa shape index (κ3) is 3.54. The average molecular weight is 347 g/mol. The van der Waals surface area contributed by atoms with Gasteiger partial charge in [0.2, 0.25) is 0 Å². The smallest absolute Gasteiger partial charge is 0.322 e. The van der Waals surface area contributed by atoms with Gasteiger partial charge in [-0.15, -0.1) is 5.10 Å². The van der Waals surface area contributed by atoms with Gasteiger partial charge in [-0.3, -0.25) is 0 Å². The normalized spacial score (nSPS) is 13.7. The van der Waals surface area contributed by atoms with Crippen LogP contribution in [0.15, 0.2) is 24.3 Å². The molecule has 1 aromatic carbocycles. The van der Waals surface area contributed by atoms with E-state index in [1.165, 1.54) is 0 Å². The number of urea groups is 1. The standard InChI is InChI=1S/C16H21N5O2S/c1-24-9-6-12-4-2-3-5-13(12)17-16(23)20-7-8-21-15(10-20)14(11-22)18-19-21/h2-5,22H,6-11H2,1H3,(H,17,23). The van der Waals surface area contributed by atoms with E-state index in [0.717, 1.165) is 29.1 Å². The fourth-order valence-corrected chi connectivity index (χ4v) is 3.18. The van der Waals surface area contributed by atoms with Gasteiger partial charge in [-0.2, -0.15) is 11.8 Å². The van der Waals surface area contributed by atoms with Gasteiger partial charge in [-0.1, -0.05) is 23.4 Å². The molecule has 0 bridgehead atoms. The zero-order valence-corrected chi connectivity index (χ0v) is 14.4. The van der Waals surface area contributed by atoms with E-state index in [0.29, 0.717) is 25.3 Å². The van der Waals surface area contributed by atoms with E-state index in [-0.39, 0.29) is 12.6 Å². The number of benzene rings is 1. The molecule has 1 aliphatic rings. The van der Waals surface area contributed by atoms with Crippen LogP contribution in [0.5, 0.6) is 0 Å². The van der Waals surface area contributed by atoms with Crippen LogP contribution in [0.2, 0.25) is 0 Å². The molecule has 2 heterocycles. The van der Waals surface area contributed by atoms with Gasteiger partial charge < -0.3 is 15.3 Å². The molecule has 0 spiro atoms. The number of rotatable bonds is 5. The Kier molecular flexibility index (Phi) is 5.37. The lowest BCUT2D eigenvalue weighted by Crippen LogP contribution is -2.41. The topological polar surface area (TPSA) is 83.3 Å². The predicted octanol–water partition coefficient (Wildman–Crippen LogP) is 1.72. The number of hydrogen-bond donors (Lipinski definition) is 2. The summed E-state index contributed by atoms with van der Waals surface area (Å²) in [4.78, 5) is 14.3. The number of thioether (sulfide) groups is 1. The van der Waals surface area contributed by atoms with Crippen molar-refractivity contribution in [3.8, 4) is 0 Å². The SMILES string of the molecule is CSCCc1ccccc1NC(=O)N1CCn2nnc(CO)c2C1. The number of carbonyl (C=O) groups excluding carboxylic acids is 1. The van der Waals surface area contributed by atoms with Crippen molar-refractivity contribution in [1.82, 2.24) is 19.9 Å². The Bertz CT molecular complexity index is 705. The van der Waals surface area contributed by atoms with Crippen LogP contribution in [0.1, 0.15) is 17.0 Å². The van der Waals surface area contributed by atoms with E-state index in [1.54, 1.807) is 21.3 Å². The lowest BCUT2D eigenvalue weighted by atomic mass is 10.1. The molecule has 2 N–H and O–H groups in total. The summed E-state index contributed by atoms with van der Waals surface area (Å²) in [6.07, 6.45) is 2.99. The fourth-order valence-electron chi connectivity index (χ4n) is 2.76. The molecule has 7 nitrogen and oxygen atoms in total. The predicted molar refractivity (Wildman–Crippen MR) is 93.9 cm³/mol. The van der Waals surface area contributed by atoms with Gasteiger partial charge in [0.25, 0.3) is 0 Å². The second-order valence-electron chi connectivity index (χ2n) is 5.62. The number of fused-ring (bicyclic) bond motifs is 1. The number of anilines is 1. The van der Waals surface area contributed by atoms with E-state index in [9.17, 15) is 9.90 Å². The van der Waals surface area contributed by atoms with Crippen molar-refractivity contribution in [2.75, 3.05) is 23.9 Å². The number of aryl methyl sites for hydroxylation is 1. The highest BCUT2D eigenvalue weighted by molar-refractivity contribution is 7.98. The zero-order chi connectivity index (χ0) is 16.9. The fraction of sp³-hybridized carbons (Fsp3) is 0.438. The molecule has 1 aromatic heterocycles. The van der Waals surface area contributed by atoms with Crippen LogP contribution in [0.25, 0.3) is 0 Å². The van der Waals surface area contributed by atoms with Crippen molar-refractivity contribution in [3.63, 3.8) is 0 Å². The Morgan fingerprint density at radius 2 is 2.21 bits per heavy atom. The Morgan fingerprint density at radius 3 is 3.00 bits per heavy atom. The summed E-state index contributed by atoms with van der Waals surface area (Å²) in [6, 6.07) is 7.76. The molecule has 0 saturated carbocycles. The molecule has 0 fully saturated rings. The third-order valence-electron chi connectivity index (χ3n) is 4.11. The van der Waals surface area contributed by atoms with Gasteiger partial charge in [0.15, 0.2) is 0 Å². The van der Waals surface area contributed by atoms with Gasteiger partial charge in [-0.25, -0.2) is 9.48 Å². The Morgan fingerprint density at radius 1 is 1.38 bits per heavy atom. The number of para-hydroxylation sites is 1. The minimum absolute atomic E-state index is 0.136. The van der Waals surface area contributed by atoms with E-state index in [1.807, 2.05) is 24.3 Å². The number of aliphatic hydroxyl groups is 1. The van der Waals surface area contributed by atoms with Crippen molar-refractivity contribution in [2.24, 2.45) is 0 Å². The maximum Gasteiger partial charge on any atom is 0.322 e. The first kappa shape index (κ1) is 16.8. The summed E-state index contributed by atoms with van der Waals surface area (Å²) in [5, 5.41) is 20.3. The molecular weight excluding hydrogens is 326 g/mol. The number of nitrogens with zero attached hydrogens (tertiary/aromatic N) is 4. The van der Waals surface area contributed by atoms with Gasteiger partial charge in [0, 0.05) is 12.2 Å². The van der Waals surface area contributed by atoms with Crippen LogP contribution < -0.4 is 5.32 Å². The highest BCUT2D eigenvalue weighted by Crippen LogP contribution is 2.20. The first-order valence-electron chi connectivity index (χ1n) is 7.87. The summed E-state index contributed by atoms with van der Waals surface area (Å²) < 4.78 is 1.75. The van der Waals surface area contributed by atoms with Crippen molar-refractivity contribution < 1.29 is 9.90 Å². The minimum atomic E-state index is -0.164. The molecule has 0 saturated heterocycles. The molecule has 3 rings (SSSR count). The van der Waals surface area contributed by atoms with Crippen molar-refractivity contribution in [1.29, 1.82) is 0 Å². The highest BCUT2D eigenvalue weighted by Gasteiger charge is 2.25. The van der Waals surface area contributed by atoms with Gasteiger partial charge in [-0.05, 0) is 30.1 Å². The molecule has 2 aromatic rings. The van der Waals surface area contributed by atoms with E-state index in [4.69, 9.17) is 0 Å². The maximum absolute atomic E-state index is 12.6. The molecule has 1 aliphatic heterocycles. The molecule has 0 radical (unpaired) electrons. The van der Waals surface area contributed by atoms with Gasteiger partial charge >= 0.3 is 6.03 Å². The van der Waals surface area contributed by atoms with E-state index < -0.39 is 0 Å². The average Bonchev–Trinajstić information content (AvgIpc) is 3.03. The van der Waals surface area contributed by atoms with Crippen LogP contribution in [0, 0.1) is 0 Å². The molecule has 0 aliphatic carbocycles. The van der Waals surface area contributed by atoms with Gasteiger partial charge in [0.05, 0.1) is 25.4 Å². The molecule has 2 amide bonds. The molecule has 8 heteroatoms. The van der Waals surface area contributed by atoms with Crippen LogP contribution in [-0.2, 0) is 26.1 Å². The summed E-state index contributed by atoms with van der Waals surface area (Å²) >= 11 is 1.79. The Labute approximate surface area is 145 Å². The minimum Gasteiger partial charge on any atom is -0.390 e. The first-order valence-corrected chi connectivity index (χ1v) is 9.27. The lowest BCUT2D eigenvalue weighted by molar-refractivity contribution is 0.193. The van der Waals surface area contributed by atoms with Crippen LogP contribution in [-0.4, -0.2) is 49.6 Å². The lowest BCUT2D eigenvalue weighted by Gasteiger charge is -2.28. The molecular formula is C16H21N5O2S. The van der Waals surface area contributed by atoms with E-state index in [2.05, 4.69) is 21.9 Å². The Hall–Kier alpha value is -2.06. The number of hydrogen-bond acceptors (Lipinski definition) is 5. The number of aliphatic hydroxyl groups excluding tert-OH is 1. The van der Waals surface area contributed by atoms with Crippen LogP contribution >= 0.6 is 11.8 Å². The highest BCUT2D eigenvalue weighted by atomic mass is 32.2. The summed E-state index contributed by atoms with van der Waals surface area (Å²) in [5.74, 6) is 1.02. The van der Waals surface area contributed by atoms with Crippen molar-refractivity contribution in [2.45, 2.75) is 26.1 Å². The van der Waals surface area contributed by atoms with Gasteiger partial charge in [0.1, 0.15) is 5.69 Å². The second-order valence-corrected chi connectivity index (χ2v) is 6.60. The number of nitrogens with one attached hydrogen (secondary N) is 1. The number of aromatic nitrogens is 3. The number of amides is 2. The third-order valence-corrected chi connectivity index (χ3v) is 4.72. The van der Waals surface area contributed by atoms with E-state index >= 15 is 0 Å². The largest absolute Gasteiger partial charge is 0.390 e. The zero-order valence-electron chi connectivity index (χ0n) is 13.6. The summed E-state index contributed by atoms with van der Waals surface area (Å²) in [5.41, 5.74) is 3.33. The second kappa shape index (κ2) is 7.67. The molecule has 24 heavy (non-hydrogen) atoms. The summed E-state index contributed by atoms with van der Waals surface area (Å²) in [6.45, 7) is 1.40. The maximum atomic E-state index is 12.6. The molecule has 128 valence electrons. The van der Waals surface area contributed by atoms with Crippen LogP contribution in [0.4, 0.5) is 10.5 Å². The Balaban J connectivity index is 1.70. The quantitative estimate of drug-likeness (QED) is 0.860.